The first kappa shape index (κ1) is 14.3. The third-order valence-electron chi connectivity index (χ3n) is 2.78. The second-order valence-electron chi connectivity index (χ2n) is 4.59. The number of carbonyl (C=O) groups is 1. The van der Waals surface area contributed by atoms with Gasteiger partial charge in [-0.3, -0.25) is 0 Å². The Bertz CT molecular complexity index is 429. The van der Waals surface area contributed by atoms with Gasteiger partial charge in [0, 0.05) is 13.5 Å². The summed E-state index contributed by atoms with van der Waals surface area (Å²) in [6.07, 6.45) is 0.568. The van der Waals surface area contributed by atoms with E-state index < -0.39 is 5.97 Å². The number of para-hydroxylation sites is 1. The monoisotopic (exact) mass is 253 g/mol. The van der Waals surface area contributed by atoms with Crippen molar-refractivity contribution in [2.75, 3.05) is 19.5 Å². The number of methoxy groups -OCH3 is 1. The van der Waals surface area contributed by atoms with E-state index in [-0.39, 0.29) is 29.2 Å². The number of anilines is 1. The van der Waals surface area contributed by atoms with Crippen molar-refractivity contribution >= 4 is 11.7 Å². The second-order valence-corrected chi connectivity index (χ2v) is 4.59. The molecule has 0 aliphatic carbocycles. The van der Waals surface area contributed by atoms with Crippen LogP contribution in [0.3, 0.4) is 0 Å². The number of nitrogens with two attached hydrogens (primary N) is 1. The number of phenolic OH excluding ortho intramolecular Hbond substituents is 1. The van der Waals surface area contributed by atoms with Gasteiger partial charge in [-0.2, -0.15) is 0 Å². The predicted octanol–water partition coefficient (Wildman–Crippen LogP) is 1.95. The number of hydrogen-bond acceptors (Lipinski definition) is 5. The first-order valence-corrected chi connectivity index (χ1v) is 5.67. The Balaban J connectivity index is 2.59. The molecule has 1 aromatic carbocycles. The zero-order valence-electron chi connectivity index (χ0n) is 10.9. The molecule has 3 N–H and O–H groups in total. The van der Waals surface area contributed by atoms with Crippen molar-refractivity contribution in [1.29, 1.82) is 0 Å². The summed E-state index contributed by atoms with van der Waals surface area (Å²) in [7, 11) is 1.60. The van der Waals surface area contributed by atoms with E-state index in [9.17, 15) is 9.90 Å². The molecule has 0 radical (unpaired) electrons. The number of aromatic hydroxyl groups is 1. The largest absolute Gasteiger partial charge is 0.505 e. The summed E-state index contributed by atoms with van der Waals surface area (Å²) in [4.78, 5) is 11.7. The number of phenols is 1. The average Bonchev–Trinajstić information content (AvgIpc) is 2.32. The van der Waals surface area contributed by atoms with Crippen LogP contribution in [0.1, 0.15) is 30.6 Å². The summed E-state index contributed by atoms with van der Waals surface area (Å²) in [6.45, 7) is 4.02. The van der Waals surface area contributed by atoms with Crippen LogP contribution in [-0.2, 0) is 9.47 Å². The highest BCUT2D eigenvalue weighted by Crippen LogP contribution is 2.25. The molecule has 5 heteroatoms. The van der Waals surface area contributed by atoms with Crippen LogP contribution in [0.2, 0.25) is 0 Å². The van der Waals surface area contributed by atoms with Crippen LogP contribution in [0, 0.1) is 0 Å². The van der Waals surface area contributed by atoms with Crippen molar-refractivity contribution < 1.29 is 19.4 Å². The van der Waals surface area contributed by atoms with Gasteiger partial charge in [0.25, 0.3) is 0 Å². The maximum Gasteiger partial charge on any atom is 0.341 e. The molecule has 0 heterocycles. The molecule has 18 heavy (non-hydrogen) atoms. The maximum atomic E-state index is 11.7. The lowest BCUT2D eigenvalue weighted by Crippen LogP contribution is -2.25. The molecule has 0 fully saturated rings. The van der Waals surface area contributed by atoms with Crippen LogP contribution in [0.4, 0.5) is 5.69 Å². The molecule has 5 nitrogen and oxygen atoms in total. The Morgan fingerprint density at radius 1 is 1.44 bits per heavy atom. The summed E-state index contributed by atoms with van der Waals surface area (Å²) in [6, 6.07) is 4.57. The molecule has 0 unspecified atom stereocenters. The number of hydrogen-bond donors (Lipinski definition) is 2. The summed E-state index contributed by atoms with van der Waals surface area (Å²) in [5, 5.41) is 9.62. The molecule has 0 aromatic heterocycles. The molecule has 100 valence electrons. The minimum Gasteiger partial charge on any atom is -0.505 e. The first-order chi connectivity index (χ1) is 8.37. The van der Waals surface area contributed by atoms with E-state index in [4.69, 9.17) is 15.2 Å². The van der Waals surface area contributed by atoms with E-state index in [1.807, 2.05) is 13.8 Å². The third-order valence-corrected chi connectivity index (χ3v) is 2.78. The summed E-state index contributed by atoms with van der Waals surface area (Å²) in [5.74, 6) is -0.833. The molecule has 1 rings (SSSR count). The summed E-state index contributed by atoms with van der Waals surface area (Å²) in [5.41, 5.74) is 5.38. The highest BCUT2D eigenvalue weighted by atomic mass is 16.5. The fourth-order valence-electron chi connectivity index (χ4n) is 1.30. The van der Waals surface area contributed by atoms with Crippen LogP contribution in [0.5, 0.6) is 5.75 Å². The van der Waals surface area contributed by atoms with Crippen molar-refractivity contribution in [2.24, 2.45) is 0 Å². The Morgan fingerprint density at radius 3 is 2.72 bits per heavy atom. The molecule has 0 amide bonds. The average molecular weight is 253 g/mol. The number of rotatable bonds is 5. The second kappa shape index (κ2) is 5.73. The van der Waals surface area contributed by atoms with E-state index in [2.05, 4.69) is 0 Å². The van der Waals surface area contributed by atoms with Crippen molar-refractivity contribution in [3.8, 4) is 5.75 Å². The fourth-order valence-corrected chi connectivity index (χ4v) is 1.30. The predicted molar refractivity (Wildman–Crippen MR) is 68.5 cm³/mol. The Morgan fingerprint density at radius 2 is 2.11 bits per heavy atom. The highest BCUT2D eigenvalue weighted by molar-refractivity contribution is 5.94. The minimum atomic E-state index is -0.591. The lowest BCUT2D eigenvalue weighted by atomic mass is 10.1. The van der Waals surface area contributed by atoms with Crippen molar-refractivity contribution in [2.45, 2.75) is 25.9 Å². The molecule has 0 atom stereocenters. The van der Waals surface area contributed by atoms with E-state index in [0.29, 0.717) is 6.42 Å². The fraction of sp³-hybridized carbons (Fsp3) is 0.462. The standard InChI is InChI=1S/C13H19NO4/c1-13(2,17-3)7-8-18-12(16)9-5-4-6-10(14)11(9)15/h4-6,15H,7-8,14H2,1-3H3. The van der Waals surface area contributed by atoms with Crippen molar-refractivity contribution in [3.63, 3.8) is 0 Å². The molecular weight excluding hydrogens is 234 g/mol. The third kappa shape index (κ3) is 3.63. The molecule has 0 saturated carbocycles. The van der Waals surface area contributed by atoms with Gasteiger partial charge in [-0.1, -0.05) is 6.07 Å². The van der Waals surface area contributed by atoms with Gasteiger partial charge < -0.3 is 20.3 Å². The van der Waals surface area contributed by atoms with Gasteiger partial charge in [-0.25, -0.2) is 4.79 Å². The number of benzene rings is 1. The minimum absolute atomic E-state index is 0.0743. The topological polar surface area (TPSA) is 81.8 Å². The van der Waals surface area contributed by atoms with Crippen LogP contribution < -0.4 is 5.73 Å². The van der Waals surface area contributed by atoms with Gasteiger partial charge in [-0.15, -0.1) is 0 Å². The van der Waals surface area contributed by atoms with Gasteiger partial charge >= 0.3 is 5.97 Å². The van der Waals surface area contributed by atoms with Crippen LogP contribution >= 0.6 is 0 Å². The zero-order valence-corrected chi connectivity index (χ0v) is 10.9. The van der Waals surface area contributed by atoms with E-state index in [0.717, 1.165) is 0 Å². The van der Waals surface area contributed by atoms with Crippen molar-refractivity contribution in [3.05, 3.63) is 23.8 Å². The summed E-state index contributed by atoms with van der Waals surface area (Å²) < 4.78 is 10.3. The number of esters is 1. The Labute approximate surface area is 107 Å². The van der Waals surface area contributed by atoms with E-state index in [1.165, 1.54) is 12.1 Å². The SMILES string of the molecule is COC(C)(C)CCOC(=O)c1cccc(N)c1O. The molecule has 1 aromatic rings. The molecule has 0 aliphatic heterocycles. The number of nitrogen functional groups attached to an aromatic ring is 1. The van der Waals surface area contributed by atoms with Crippen LogP contribution in [0.15, 0.2) is 18.2 Å². The Hall–Kier alpha value is -1.75. The van der Waals surface area contributed by atoms with E-state index >= 15 is 0 Å². The van der Waals surface area contributed by atoms with Gasteiger partial charge in [0.1, 0.15) is 5.56 Å². The number of ether oxygens (including phenoxy) is 2. The van der Waals surface area contributed by atoms with Gasteiger partial charge in [-0.05, 0) is 26.0 Å². The first-order valence-electron chi connectivity index (χ1n) is 5.67. The smallest absolute Gasteiger partial charge is 0.341 e. The van der Waals surface area contributed by atoms with Gasteiger partial charge in [0.05, 0.1) is 17.9 Å². The van der Waals surface area contributed by atoms with Crippen LogP contribution in [-0.4, -0.2) is 30.4 Å². The maximum absolute atomic E-state index is 11.7. The molecule has 0 aliphatic rings. The molecule has 0 saturated heterocycles. The Kier molecular flexibility index (Phi) is 4.55. The van der Waals surface area contributed by atoms with Crippen molar-refractivity contribution in [1.82, 2.24) is 0 Å². The van der Waals surface area contributed by atoms with E-state index in [1.54, 1.807) is 13.2 Å². The normalized spacial score (nSPS) is 11.3. The van der Waals surface area contributed by atoms with Crippen LogP contribution in [0.25, 0.3) is 0 Å². The molecule has 0 bridgehead atoms. The molecule has 0 spiro atoms. The lowest BCUT2D eigenvalue weighted by molar-refractivity contribution is -0.00569. The van der Waals surface area contributed by atoms with Gasteiger partial charge in [0.15, 0.2) is 5.75 Å². The zero-order chi connectivity index (χ0) is 13.8. The summed E-state index contributed by atoms with van der Waals surface area (Å²) >= 11 is 0. The number of carbonyl (C=O) groups excluding carboxylic acids is 1. The highest BCUT2D eigenvalue weighted by Gasteiger charge is 2.19. The lowest BCUT2D eigenvalue weighted by Gasteiger charge is -2.22. The molecular formula is C13H19NO4. The van der Waals surface area contributed by atoms with Gasteiger partial charge in [0.2, 0.25) is 0 Å². The quantitative estimate of drug-likeness (QED) is 0.476.